The number of hydrogen-bond donors (Lipinski definition) is 1. The number of pyridine rings is 1. The van der Waals surface area contributed by atoms with E-state index in [4.69, 9.17) is 0 Å². The van der Waals surface area contributed by atoms with Crippen LogP contribution in [-0.2, 0) is 11.5 Å². The van der Waals surface area contributed by atoms with E-state index >= 15 is 0 Å². The number of hydrogen-bond acceptors (Lipinski definition) is 4. The molecule has 0 amide bonds. The van der Waals surface area contributed by atoms with Gasteiger partial charge in [-0.25, -0.2) is 8.78 Å². The third-order valence-corrected chi connectivity index (χ3v) is 3.49. The van der Waals surface area contributed by atoms with Gasteiger partial charge in [0.05, 0.1) is 0 Å². The molecule has 1 heterocycles. The second-order valence-electron chi connectivity index (χ2n) is 5.27. The summed E-state index contributed by atoms with van der Waals surface area (Å²) >= 11 is 0. The van der Waals surface area contributed by atoms with Crippen molar-refractivity contribution in [2.75, 3.05) is 6.54 Å². The number of aryl methyl sites for hydroxylation is 1. The van der Waals surface area contributed by atoms with E-state index in [9.17, 15) is 32.8 Å². The maximum atomic E-state index is 14.8. The van der Waals surface area contributed by atoms with Crippen molar-refractivity contribution >= 4 is 0 Å². The molecule has 128 valence electrons. The van der Waals surface area contributed by atoms with Crippen LogP contribution >= 0.6 is 0 Å². The zero-order valence-corrected chi connectivity index (χ0v) is 12.3. The maximum absolute atomic E-state index is 14.8. The Morgan fingerprint density at radius 3 is 2.42 bits per heavy atom. The molecule has 0 unspecified atom stereocenters. The first kappa shape index (κ1) is 17.8. The predicted octanol–water partition coefficient (Wildman–Crippen LogP) is 2.92. The van der Waals surface area contributed by atoms with Crippen LogP contribution in [-0.4, -0.2) is 21.6 Å². The summed E-state index contributed by atoms with van der Waals surface area (Å²) in [5, 5.41) is 21.2. The van der Waals surface area contributed by atoms with E-state index < -0.39 is 45.9 Å². The van der Waals surface area contributed by atoms with E-state index in [0.29, 0.717) is 17.7 Å². The van der Waals surface area contributed by atoms with Gasteiger partial charge in [-0.05, 0) is 30.7 Å². The Morgan fingerprint density at radius 2 is 1.92 bits per heavy atom. The van der Waals surface area contributed by atoms with Gasteiger partial charge >= 0.3 is 5.92 Å². The van der Waals surface area contributed by atoms with Gasteiger partial charge in [0, 0.05) is 22.7 Å². The number of alkyl halides is 2. The van der Waals surface area contributed by atoms with E-state index in [1.165, 1.54) is 6.07 Å². The van der Waals surface area contributed by atoms with Gasteiger partial charge < -0.3 is 5.11 Å². The topological polar surface area (TPSA) is 76.3 Å². The van der Waals surface area contributed by atoms with Crippen molar-refractivity contribution in [2.45, 2.75) is 18.4 Å². The van der Waals surface area contributed by atoms with Crippen molar-refractivity contribution < 1.29 is 27.6 Å². The highest BCUT2D eigenvalue weighted by Crippen LogP contribution is 2.45. The van der Waals surface area contributed by atoms with Crippen LogP contribution in [0.4, 0.5) is 17.6 Å². The average molecular weight is 344 g/mol. The number of rotatable bonds is 5. The van der Waals surface area contributed by atoms with E-state index in [1.54, 1.807) is 6.92 Å². The second-order valence-corrected chi connectivity index (χ2v) is 5.27. The fourth-order valence-electron chi connectivity index (χ4n) is 2.23. The smallest absolute Gasteiger partial charge is 0.328 e. The van der Waals surface area contributed by atoms with Crippen LogP contribution in [0.1, 0.15) is 16.8 Å². The van der Waals surface area contributed by atoms with Crippen LogP contribution in [0.2, 0.25) is 0 Å². The van der Waals surface area contributed by atoms with Gasteiger partial charge in [-0.3, -0.25) is 15.1 Å². The summed E-state index contributed by atoms with van der Waals surface area (Å²) in [7, 11) is 0. The lowest BCUT2D eigenvalue weighted by Gasteiger charge is -2.32. The number of halogens is 4. The third kappa shape index (κ3) is 3.07. The van der Waals surface area contributed by atoms with Crippen molar-refractivity contribution in [1.82, 2.24) is 4.98 Å². The molecular weight excluding hydrogens is 332 g/mol. The van der Waals surface area contributed by atoms with E-state index in [1.807, 2.05) is 0 Å². The lowest BCUT2D eigenvalue weighted by molar-refractivity contribution is -0.514. The molecule has 2 rings (SSSR count). The summed E-state index contributed by atoms with van der Waals surface area (Å²) in [5.74, 6) is -6.89. The van der Waals surface area contributed by atoms with Crippen molar-refractivity contribution in [3.63, 3.8) is 0 Å². The summed E-state index contributed by atoms with van der Waals surface area (Å²) in [6.45, 7) is -0.115. The molecule has 1 N–H and O–H groups in total. The molecule has 0 fully saturated rings. The summed E-state index contributed by atoms with van der Waals surface area (Å²) in [6, 6.07) is 3.59. The number of aliphatic hydroxyl groups is 1. The normalized spacial score (nSPS) is 14.2. The lowest BCUT2D eigenvalue weighted by Crippen LogP contribution is -2.49. The van der Waals surface area contributed by atoms with Gasteiger partial charge in [0.1, 0.15) is 17.3 Å². The fraction of sp³-hybridized carbons (Fsp3) is 0.267. The molecule has 0 radical (unpaired) electrons. The first-order valence-corrected chi connectivity index (χ1v) is 6.68. The SMILES string of the molecule is Cc1ccc(C(F)(F)[C@@](O)(C[N+](=O)[O-])c2ccc(F)cc2F)nc1. The number of aromatic nitrogens is 1. The molecule has 0 spiro atoms. The molecule has 0 saturated carbocycles. The summed E-state index contributed by atoms with van der Waals surface area (Å²) in [6.07, 6.45) is 1.08. The first-order chi connectivity index (χ1) is 11.1. The van der Waals surface area contributed by atoms with Crippen molar-refractivity contribution in [3.8, 4) is 0 Å². The predicted molar refractivity (Wildman–Crippen MR) is 75.0 cm³/mol. The van der Waals surface area contributed by atoms with Crippen molar-refractivity contribution in [3.05, 3.63) is 75.1 Å². The minimum Gasteiger partial charge on any atom is -0.373 e. The Balaban J connectivity index is 2.66. The van der Waals surface area contributed by atoms with Gasteiger partial charge in [0.25, 0.3) is 0 Å². The van der Waals surface area contributed by atoms with Gasteiger partial charge in [0.15, 0.2) is 0 Å². The quantitative estimate of drug-likeness (QED) is 0.514. The maximum Gasteiger partial charge on any atom is 0.328 e. The lowest BCUT2D eigenvalue weighted by atomic mass is 9.84. The van der Waals surface area contributed by atoms with Gasteiger partial charge in [-0.1, -0.05) is 6.07 Å². The minimum absolute atomic E-state index is 0.263. The van der Waals surface area contributed by atoms with Gasteiger partial charge in [0.2, 0.25) is 12.1 Å². The van der Waals surface area contributed by atoms with Gasteiger partial charge in [-0.15, -0.1) is 0 Å². The molecule has 9 heteroatoms. The van der Waals surface area contributed by atoms with Crippen LogP contribution < -0.4 is 0 Å². The number of nitrogens with zero attached hydrogens (tertiary/aromatic N) is 2. The van der Waals surface area contributed by atoms with Crippen LogP contribution in [0, 0.1) is 28.7 Å². The van der Waals surface area contributed by atoms with Crippen LogP contribution in [0.5, 0.6) is 0 Å². The molecule has 2 aromatic rings. The van der Waals surface area contributed by atoms with E-state index in [-0.39, 0.29) is 6.07 Å². The average Bonchev–Trinajstić information content (AvgIpc) is 2.46. The summed E-state index contributed by atoms with van der Waals surface area (Å²) in [4.78, 5) is 13.1. The Hall–Kier alpha value is -2.55. The van der Waals surface area contributed by atoms with Crippen molar-refractivity contribution in [1.29, 1.82) is 0 Å². The number of nitro groups is 1. The molecule has 0 bridgehead atoms. The summed E-state index contributed by atoms with van der Waals surface area (Å²) in [5.41, 5.74) is -5.06. The molecule has 0 saturated heterocycles. The Labute approximate surface area is 133 Å². The Morgan fingerprint density at radius 1 is 1.25 bits per heavy atom. The van der Waals surface area contributed by atoms with Crippen LogP contribution in [0.3, 0.4) is 0 Å². The Bertz CT molecular complexity index is 768. The fourth-order valence-corrected chi connectivity index (χ4v) is 2.23. The van der Waals surface area contributed by atoms with Gasteiger partial charge in [-0.2, -0.15) is 8.78 Å². The Kier molecular flexibility index (Phi) is 4.57. The molecule has 24 heavy (non-hydrogen) atoms. The number of benzene rings is 1. The highest BCUT2D eigenvalue weighted by atomic mass is 19.3. The molecule has 1 aromatic carbocycles. The van der Waals surface area contributed by atoms with E-state index in [0.717, 1.165) is 12.3 Å². The van der Waals surface area contributed by atoms with Crippen molar-refractivity contribution in [2.24, 2.45) is 0 Å². The molecule has 1 aromatic heterocycles. The molecule has 1 atom stereocenters. The summed E-state index contributed by atoms with van der Waals surface area (Å²) < 4.78 is 56.5. The first-order valence-electron chi connectivity index (χ1n) is 6.68. The minimum atomic E-state index is -4.30. The monoisotopic (exact) mass is 344 g/mol. The zero-order chi connectivity index (χ0) is 18.1. The molecule has 0 aliphatic rings. The highest BCUT2D eigenvalue weighted by Gasteiger charge is 2.60. The zero-order valence-electron chi connectivity index (χ0n) is 12.3. The molecule has 0 aliphatic carbocycles. The van der Waals surface area contributed by atoms with Crippen LogP contribution in [0.15, 0.2) is 36.5 Å². The third-order valence-electron chi connectivity index (χ3n) is 3.49. The molecule has 5 nitrogen and oxygen atoms in total. The van der Waals surface area contributed by atoms with E-state index in [2.05, 4.69) is 4.98 Å². The standard InChI is InChI=1S/C15H12F4N2O3/c1-9-2-5-13(20-7-9)15(18,19)14(22,8-21(23)24)11-4-3-10(16)6-12(11)17/h2-7,22H,8H2,1H3/t14-/m1/s1. The second kappa shape index (κ2) is 6.16. The molecule has 0 aliphatic heterocycles. The van der Waals surface area contributed by atoms with Crippen LogP contribution in [0.25, 0.3) is 0 Å². The molecular formula is C15H12F4N2O3. The largest absolute Gasteiger partial charge is 0.373 e. The highest BCUT2D eigenvalue weighted by molar-refractivity contribution is 5.31.